The lowest BCUT2D eigenvalue weighted by atomic mass is 9.89. The van der Waals surface area contributed by atoms with Crippen LogP contribution >= 0.6 is 0 Å². The molecule has 0 aliphatic carbocycles. The first-order valence-electron chi connectivity index (χ1n) is 6.70. The Kier molecular flexibility index (Phi) is 5.07. The lowest BCUT2D eigenvalue weighted by Crippen LogP contribution is -2.61. The topological polar surface area (TPSA) is 15.3 Å². The smallest absolute Gasteiger partial charge is 0.0304 e. The van der Waals surface area contributed by atoms with E-state index in [2.05, 4.69) is 37.9 Å². The van der Waals surface area contributed by atoms with Crippen LogP contribution in [-0.2, 0) is 0 Å². The van der Waals surface area contributed by atoms with Crippen molar-refractivity contribution in [3.8, 4) is 0 Å². The summed E-state index contributed by atoms with van der Waals surface area (Å²) in [6.07, 6.45) is 5.08. The Bertz CT molecular complexity index is 171. The maximum atomic E-state index is 3.72. The molecule has 15 heavy (non-hydrogen) atoms. The molecule has 0 atom stereocenters. The van der Waals surface area contributed by atoms with Crippen molar-refractivity contribution in [2.75, 3.05) is 19.6 Å². The highest BCUT2D eigenvalue weighted by Crippen LogP contribution is 2.22. The number of rotatable bonds is 5. The molecule has 0 aromatic rings. The number of nitrogens with zero attached hydrogens (tertiary/aromatic N) is 1. The summed E-state index contributed by atoms with van der Waals surface area (Å²) in [6.45, 7) is 12.9. The first-order valence-corrected chi connectivity index (χ1v) is 6.70. The molecule has 1 N–H and O–H groups in total. The molecule has 1 heterocycles. The molecular weight excluding hydrogens is 184 g/mol. The molecule has 0 amide bonds. The highest BCUT2D eigenvalue weighted by Gasteiger charge is 2.33. The van der Waals surface area contributed by atoms with E-state index in [1.54, 1.807) is 0 Å². The fraction of sp³-hybridized carbons (Fsp3) is 1.00. The summed E-state index contributed by atoms with van der Waals surface area (Å²) in [5.41, 5.74) is 0.390. The van der Waals surface area contributed by atoms with E-state index in [1.807, 2.05) is 0 Å². The largest absolute Gasteiger partial charge is 0.309 e. The quantitative estimate of drug-likeness (QED) is 0.753. The monoisotopic (exact) mass is 212 g/mol. The Morgan fingerprint density at radius 1 is 1.13 bits per heavy atom. The fourth-order valence-electron chi connectivity index (χ4n) is 2.83. The normalized spacial score (nSPS) is 22.2. The first-order chi connectivity index (χ1) is 7.21. The van der Waals surface area contributed by atoms with Gasteiger partial charge in [-0.15, -0.1) is 0 Å². The SMILES string of the molecule is CCC(CC)N1CCNC(CC)(CC)C1. The van der Waals surface area contributed by atoms with Gasteiger partial charge in [-0.1, -0.05) is 27.7 Å². The average Bonchev–Trinajstić information content (AvgIpc) is 2.31. The van der Waals surface area contributed by atoms with Gasteiger partial charge in [-0.05, 0) is 25.7 Å². The van der Waals surface area contributed by atoms with Crippen molar-refractivity contribution in [2.45, 2.75) is 65.0 Å². The summed E-state index contributed by atoms with van der Waals surface area (Å²) in [5.74, 6) is 0. The van der Waals surface area contributed by atoms with E-state index in [0.29, 0.717) is 5.54 Å². The van der Waals surface area contributed by atoms with Crippen molar-refractivity contribution in [1.29, 1.82) is 0 Å². The van der Waals surface area contributed by atoms with Gasteiger partial charge in [0.1, 0.15) is 0 Å². The zero-order chi connectivity index (χ0) is 11.3. The maximum absolute atomic E-state index is 3.72. The van der Waals surface area contributed by atoms with Crippen molar-refractivity contribution >= 4 is 0 Å². The van der Waals surface area contributed by atoms with Crippen LogP contribution in [0.4, 0.5) is 0 Å². The Balaban J connectivity index is 2.61. The van der Waals surface area contributed by atoms with Crippen LogP contribution in [0.2, 0.25) is 0 Å². The zero-order valence-corrected chi connectivity index (χ0v) is 11.0. The molecule has 0 unspecified atom stereocenters. The van der Waals surface area contributed by atoms with E-state index in [4.69, 9.17) is 0 Å². The van der Waals surface area contributed by atoms with Gasteiger partial charge in [0.2, 0.25) is 0 Å². The van der Waals surface area contributed by atoms with Crippen molar-refractivity contribution in [1.82, 2.24) is 10.2 Å². The van der Waals surface area contributed by atoms with Crippen LogP contribution in [0.3, 0.4) is 0 Å². The zero-order valence-electron chi connectivity index (χ0n) is 11.0. The molecule has 1 aliphatic heterocycles. The second-order valence-electron chi connectivity index (χ2n) is 4.86. The minimum absolute atomic E-state index is 0.390. The van der Waals surface area contributed by atoms with Gasteiger partial charge in [-0.2, -0.15) is 0 Å². The highest BCUT2D eigenvalue weighted by molar-refractivity contribution is 4.94. The third-order valence-electron chi connectivity index (χ3n) is 4.22. The van der Waals surface area contributed by atoms with Crippen LogP contribution in [0.5, 0.6) is 0 Å². The molecular formula is C13H28N2. The van der Waals surface area contributed by atoms with Gasteiger partial charge in [-0.3, -0.25) is 4.90 Å². The van der Waals surface area contributed by atoms with E-state index < -0.39 is 0 Å². The van der Waals surface area contributed by atoms with Crippen molar-refractivity contribution in [3.05, 3.63) is 0 Å². The number of hydrogen-bond acceptors (Lipinski definition) is 2. The third kappa shape index (κ3) is 2.94. The predicted octanol–water partition coefficient (Wildman–Crippen LogP) is 2.64. The summed E-state index contributed by atoms with van der Waals surface area (Å²) in [7, 11) is 0. The van der Waals surface area contributed by atoms with Crippen LogP contribution < -0.4 is 5.32 Å². The Morgan fingerprint density at radius 2 is 1.73 bits per heavy atom. The number of nitrogens with one attached hydrogen (secondary N) is 1. The number of hydrogen-bond donors (Lipinski definition) is 1. The van der Waals surface area contributed by atoms with E-state index in [9.17, 15) is 0 Å². The van der Waals surface area contributed by atoms with Crippen LogP contribution in [0.1, 0.15) is 53.4 Å². The van der Waals surface area contributed by atoms with E-state index in [1.165, 1.54) is 38.8 Å². The number of piperazine rings is 1. The van der Waals surface area contributed by atoms with Crippen molar-refractivity contribution < 1.29 is 0 Å². The third-order valence-corrected chi connectivity index (χ3v) is 4.22. The highest BCUT2D eigenvalue weighted by atomic mass is 15.2. The summed E-state index contributed by atoms with van der Waals surface area (Å²) in [5, 5.41) is 3.72. The summed E-state index contributed by atoms with van der Waals surface area (Å²) >= 11 is 0. The summed E-state index contributed by atoms with van der Waals surface area (Å²) in [4.78, 5) is 2.70. The first kappa shape index (κ1) is 13.0. The van der Waals surface area contributed by atoms with Gasteiger partial charge in [0.15, 0.2) is 0 Å². The minimum Gasteiger partial charge on any atom is -0.309 e. The van der Waals surface area contributed by atoms with Gasteiger partial charge in [0, 0.05) is 31.2 Å². The summed E-state index contributed by atoms with van der Waals surface area (Å²) in [6, 6.07) is 0.796. The van der Waals surface area contributed by atoms with Crippen molar-refractivity contribution in [2.24, 2.45) is 0 Å². The molecule has 0 aromatic carbocycles. The Labute approximate surface area is 95.4 Å². The lowest BCUT2D eigenvalue weighted by molar-refractivity contribution is 0.0818. The molecule has 1 aliphatic rings. The average molecular weight is 212 g/mol. The Hall–Kier alpha value is -0.0800. The standard InChI is InChI=1S/C13H28N2/c1-5-12(6-2)15-10-9-14-13(7-3,8-4)11-15/h12,14H,5-11H2,1-4H3. The molecule has 1 fully saturated rings. The molecule has 1 saturated heterocycles. The van der Waals surface area contributed by atoms with E-state index >= 15 is 0 Å². The van der Waals surface area contributed by atoms with E-state index in [0.717, 1.165) is 12.6 Å². The predicted molar refractivity (Wildman–Crippen MR) is 67.3 cm³/mol. The second kappa shape index (κ2) is 5.86. The van der Waals surface area contributed by atoms with E-state index in [-0.39, 0.29) is 0 Å². The Morgan fingerprint density at radius 3 is 2.20 bits per heavy atom. The molecule has 1 rings (SSSR count). The lowest BCUT2D eigenvalue weighted by Gasteiger charge is -2.46. The van der Waals surface area contributed by atoms with Gasteiger partial charge < -0.3 is 5.32 Å². The molecule has 0 aromatic heterocycles. The van der Waals surface area contributed by atoms with Crippen LogP contribution in [0, 0.1) is 0 Å². The second-order valence-corrected chi connectivity index (χ2v) is 4.86. The molecule has 2 nitrogen and oxygen atoms in total. The van der Waals surface area contributed by atoms with Gasteiger partial charge in [0.05, 0.1) is 0 Å². The van der Waals surface area contributed by atoms with Gasteiger partial charge in [0.25, 0.3) is 0 Å². The molecule has 0 bridgehead atoms. The summed E-state index contributed by atoms with van der Waals surface area (Å²) < 4.78 is 0. The maximum Gasteiger partial charge on any atom is 0.0304 e. The van der Waals surface area contributed by atoms with Crippen LogP contribution in [-0.4, -0.2) is 36.1 Å². The van der Waals surface area contributed by atoms with Crippen LogP contribution in [0.15, 0.2) is 0 Å². The van der Waals surface area contributed by atoms with Gasteiger partial charge in [-0.25, -0.2) is 0 Å². The minimum atomic E-state index is 0.390. The molecule has 90 valence electrons. The molecule has 0 saturated carbocycles. The van der Waals surface area contributed by atoms with Gasteiger partial charge >= 0.3 is 0 Å². The molecule has 2 heteroatoms. The van der Waals surface area contributed by atoms with Crippen LogP contribution in [0.25, 0.3) is 0 Å². The molecule has 0 radical (unpaired) electrons. The fourth-order valence-corrected chi connectivity index (χ4v) is 2.83. The molecule has 0 spiro atoms. The van der Waals surface area contributed by atoms with Crippen molar-refractivity contribution in [3.63, 3.8) is 0 Å².